The Balaban J connectivity index is 2.09. The van der Waals surface area contributed by atoms with E-state index in [-0.39, 0.29) is 5.91 Å². The number of nitrogens with two attached hydrogens (primary N) is 1. The van der Waals surface area contributed by atoms with Crippen LogP contribution in [0.15, 0.2) is 42.7 Å². The quantitative estimate of drug-likeness (QED) is 0.539. The van der Waals surface area contributed by atoms with Crippen molar-refractivity contribution in [1.29, 1.82) is 0 Å². The zero-order chi connectivity index (χ0) is 12.1. The van der Waals surface area contributed by atoms with E-state index in [1.807, 2.05) is 0 Å². The van der Waals surface area contributed by atoms with Crippen LogP contribution in [0, 0.1) is 0 Å². The molecule has 0 aromatic carbocycles. The molecule has 6 nitrogen and oxygen atoms in total. The summed E-state index contributed by atoms with van der Waals surface area (Å²) >= 11 is 0. The first-order valence-corrected chi connectivity index (χ1v) is 4.94. The Kier molecular flexibility index (Phi) is 3.27. The summed E-state index contributed by atoms with van der Waals surface area (Å²) in [6.45, 7) is 0. The fourth-order valence-electron chi connectivity index (χ4n) is 1.24. The Morgan fingerprint density at radius 1 is 1.12 bits per heavy atom. The summed E-state index contributed by atoms with van der Waals surface area (Å²) in [7, 11) is 0. The largest absolute Gasteiger partial charge is 0.308 e. The number of rotatable bonds is 3. The third kappa shape index (κ3) is 2.76. The summed E-state index contributed by atoms with van der Waals surface area (Å²) in [5.74, 6) is 5.91. The van der Waals surface area contributed by atoms with Crippen LogP contribution in [0.1, 0.15) is 10.4 Å². The lowest BCUT2D eigenvalue weighted by Crippen LogP contribution is -2.14. The van der Waals surface area contributed by atoms with Gasteiger partial charge in [0.1, 0.15) is 11.6 Å². The molecule has 0 aliphatic rings. The molecule has 0 spiro atoms. The van der Waals surface area contributed by atoms with Gasteiger partial charge in [-0.2, -0.15) is 0 Å². The molecule has 2 aromatic rings. The van der Waals surface area contributed by atoms with Gasteiger partial charge in [0.2, 0.25) is 0 Å². The number of nitrogens with zero attached hydrogens (tertiary/aromatic N) is 2. The fourth-order valence-corrected chi connectivity index (χ4v) is 1.24. The smallest absolute Gasteiger partial charge is 0.258 e. The van der Waals surface area contributed by atoms with Crippen molar-refractivity contribution in [2.45, 2.75) is 0 Å². The van der Waals surface area contributed by atoms with E-state index in [9.17, 15) is 4.79 Å². The molecule has 4 N–H and O–H groups in total. The Morgan fingerprint density at radius 2 is 2.00 bits per heavy atom. The highest BCUT2D eigenvalue weighted by Crippen LogP contribution is 2.07. The fraction of sp³-hybridized carbons (Fsp3) is 0. The summed E-state index contributed by atoms with van der Waals surface area (Å²) in [6, 6.07) is 8.52. The lowest BCUT2D eigenvalue weighted by atomic mass is 10.2. The highest BCUT2D eigenvalue weighted by molar-refractivity contribution is 6.03. The molecule has 0 aliphatic carbocycles. The maximum Gasteiger partial charge on any atom is 0.258 e. The molecule has 1 amide bonds. The van der Waals surface area contributed by atoms with Gasteiger partial charge in [-0.3, -0.25) is 4.79 Å². The molecular weight excluding hydrogens is 218 g/mol. The molecule has 86 valence electrons. The zero-order valence-corrected chi connectivity index (χ0v) is 8.92. The topological polar surface area (TPSA) is 92.9 Å². The van der Waals surface area contributed by atoms with E-state index in [4.69, 9.17) is 5.84 Å². The molecule has 17 heavy (non-hydrogen) atoms. The molecule has 0 atom stereocenters. The Bertz CT molecular complexity index is 497. The predicted octanol–water partition coefficient (Wildman–Crippen LogP) is 1.01. The van der Waals surface area contributed by atoms with Crippen LogP contribution < -0.4 is 16.6 Å². The van der Waals surface area contributed by atoms with Gasteiger partial charge in [-0.05, 0) is 24.3 Å². The lowest BCUT2D eigenvalue weighted by Gasteiger charge is -2.04. The van der Waals surface area contributed by atoms with Crippen molar-refractivity contribution < 1.29 is 4.79 Å². The SMILES string of the molecule is NNc1ccc(C(=O)Nc2ccccn2)cn1. The van der Waals surface area contributed by atoms with Gasteiger partial charge in [-0.1, -0.05) is 6.07 Å². The maximum atomic E-state index is 11.8. The highest BCUT2D eigenvalue weighted by atomic mass is 16.1. The molecule has 2 aromatic heterocycles. The van der Waals surface area contributed by atoms with Crippen molar-refractivity contribution in [3.8, 4) is 0 Å². The average molecular weight is 229 g/mol. The second-order valence-electron chi connectivity index (χ2n) is 3.25. The normalized spacial score (nSPS) is 9.71. The molecule has 6 heteroatoms. The molecule has 2 heterocycles. The second-order valence-corrected chi connectivity index (χ2v) is 3.25. The van der Waals surface area contributed by atoms with E-state index in [1.165, 1.54) is 6.20 Å². The molecule has 0 fully saturated rings. The van der Waals surface area contributed by atoms with Gasteiger partial charge in [-0.25, -0.2) is 15.8 Å². The van der Waals surface area contributed by atoms with Gasteiger partial charge >= 0.3 is 0 Å². The van der Waals surface area contributed by atoms with E-state index in [2.05, 4.69) is 20.7 Å². The Labute approximate surface area is 97.9 Å². The van der Waals surface area contributed by atoms with Crippen molar-refractivity contribution in [1.82, 2.24) is 9.97 Å². The minimum atomic E-state index is -0.264. The van der Waals surface area contributed by atoms with Gasteiger partial charge in [0.25, 0.3) is 5.91 Å². The van der Waals surface area contributed by atoms with E-state index < -0.39 is 0 Å². The molecular formula is C11H11N5O. The molecule has 0 bridgehead atoms. The Morgan fingerprint density at radius 3 is 2.59 bits per heavy atom. The molecule has 0 radical (unpaired) electrons. The zero-order valence-electron chi connectivity index (χ0n) is 8.92. The van der Waals surface area contributed by atoms with Crippen molar-refractivity contribution in [3.05, 3.63) is 48.3 Å². The van der Waals surface area contributed by atoms with Crippen LogP contribution in [0.5, 0.6) is 0 Å². The molecule has 0 aliphatic heterocycles. The van der Waals surface area contributed by atoms with Gasteiger partial charge in [0, 0.05) is 12.4 Å². The predicted molar refractivity (Wildman–Crippen MR) is 64.2 cm³/mol. The minimum absolute atomic E-state index is 0.264. The summed E-state index contributed by atoms with van der Waals surface area (Å²) in [4.78, 5) is 19.7. The summed E-state index contributed by atoms with van der Waals surface area (Å²) in [5.41, 5.74) is 2.83. The van der Waals surface area contributed by atoms with Crippen LogP contribution >= 0.6 is 0 Å². The average Bonchev–Trinajstić information content (AvgIpc) is 2.40. The van der Waals surface area contributed by atoms with Gasteiger partial charge in [0.15, 0.2) is 0 Å². The van der Waals surface area contributed by atoms with Crippen LogP contribution in [-0.2, 0) is 0 Å². The first-order chi connectivity index (χ1) is 8.29. The summed E-state index contributed by atoms with van der Waals surface area (Å²) in [5, 5.41) is 2.65. The van der Waals surface area contributed by atoms with Gasteiger partial charge in [-0.15, -0.1) is 0 Å². The second kappa shape index (κ2) is 5.04. The van der Waals surface area contributed by atoms with E-state index in [0.717, 1.165) is 0 Å². The standard InChI is InChI=1S/C11H11N5O/c12-16-10-5-4-8(7-14-10)11(17)15-9-3-1-2-6-13-9/h1-7H,12H2,(H,14,16)(H,13,15,17). The molecule has 0 saturated carbocycles. The van der Waals surface area contributed by atoms with Crippen LogP contribution in [0.25, 0.3) is 0 Å². The first-order valence-electron chi connectivity index (χ1n) is 4.94. The number of pyridine rings is 2. The number of amides is 1. The van der Waals surface area contributed by atoms with Gasteiger partial charge in [0.05, 0.1) is 5.56 Å². The van der Waals surface area contributed by atoms with Crippen LogP contribution in [-0.4, -0.2) is 15.9 Å². The van der Waals surface area contributed by atoms with Crippen molar-refractivity contribution in [2.75, 3.05) is 10.7 Å². The number of hydrogen-bond donors (Lipinski definition) is 3. The molecule has 0 unspecified atom stereocenters. The number of nitrogen functional groups attached to an aromatic ring is 1. The van der Waals surface area contributed by atoms with Crippen LogP contribution in [0.4, 0.5) is 11.6 Å². The van der Waals surface area contributed by atoms with Crippen molar-refractivity contribution in [3.63, 3.8) is 0 Å². The van der Waals surface area contributed by atoms with Gasteiger partial charge < -0.3 is 10.7 Å². The van der Waals surface area contributed by atoms with E-state index >= 15 is 0 Å². The Hall–Kier alpha value is -2.47. The first kappa shape index (κ1) is 11.0. The minimum Gasteiger partial charge on any atom is -0.308 e. The lowest BCUT2D eigenvalue weighted by molar-refractivity contribution is 0.102. The maximum absolute atomic E-state index is 11.8. The monoisotopic (exact) mass is 229 g/mol. The number of hydrazine groups is 1. The number of carbonyl (C=O) groups excluding carboxylic acids is 1. The van der Waals surface area contributed by atoms with Crippen LogP contribution in [0.2, 0.25) is 0 Å². The number of carbonyl (C=O) groups is 1. The summed E-state index contributed by atoms with van der Waals surface area (Å²) < 4.78 is 0. The number of aromatic nitrogens is 2. The molecule has 0 saturated heterocycles. The highest BCUT2D eigenvalue weighted by Gasteiger charge is 2.06. The van der Waals surface area contributed by atoms with E-state index in [1.54, 1.807) is 36.5 Å². The third-order valence-electron chi connectivity index (χ3n) is 2.08. The van der Waals surface area contributed by atoms with Crippen molar-refractivity contribution >= 4 is 17.5 Å². The van der Waals surface area contributed by atoms with Crippen LogP contribution in [0.3, 0.4) is 0 Å². The number of hydrogen-bond acceptors (Lipinski definition) is 5. The number of anilines is 2. The van der Waals surface area contributed by atoms with E-state index in [0.29, 0.717) is 17.2 Å². The third-order valence-corrected chi connectivity index (χ3v) is 2.08. The number of nitrogens with one attached hydrogen (secondary N) is 2. The molecule has 2 rings (SSSR count). The summed E-state index contributed by atoms with van der Waals surface area (Å²) in [6.07, 6.45) is 3.04. The van der Waals surface area contributed by atoms with Crippen molar-refractivity contribution in [2.24, 2.45) is 5.84 Å².